The van der Waals surface area contributed by atoms with E-state index in [0.717, 1.165) is 19.1 Å². The normalized spacial score (nSPS) is 16.0. The second-order valence-corrected chi connectivity index (χ2v) is 8.07. The monoisotopic (exact) mass is 390 g/mol. The van der Waals surface area contributed by atoms with Crippen molar-refractivity contribution in [1.29, 1.82) is 0 Å². The van der Waals surface area contributed by atoms with Gasteiger partial charge in [0, 0.05) is 11.9 Å². The number of rotatable bonds is 5. The van der Waals surface area contributed by atoms with Crippen LogP contribution in [-0.2, 0) is 19.4 Å². The van der Waals surface area contributed by atoms with Gasteiger partial charge in [0.05, 0.1) is 22.6 Å². The molecule has 2 rings (SSSR count). The Morgan fingerprint density at radius 3 is 2.36 bits per heavy atom. The van der Waals surface area contributed by atoms with Crippen molar-refractivity contribution in [3.05, 3.63) is 23.8 Å². The minimum Gasteiger partial charge on any atom is -0.462 e. The fraction of sp³-hybridized carbons (Fsp3) is 0.500. The van der Waals surface area contributed by atoms with Gasteiger partial charge in [-0.15, -0.1) is 12.4 Å². The van der Waals surface area contributed by atoms with Crippen molar-refractivity contribution in [3.8, 4) is 0 Å². The van der Waals surface area contributed by atoms with Gasteiger partial charge in [-0.25, -0.2) is 13.2 Å². The minimum absolute atomic E-state index is 0. The number of hydrogen-bond donors (Lipinski definition) is 2. The zero-order valence-electron chi connectivity index (χ0n) is 14.2. The van der Waals surface area contributed by atoms with E-state index in [2.05, 4.69) is 5.32 Å². The number of nitrogens with one attached hydrogen (secondary N) is 1. The van der Waals surface area contributed by atoms with Gasteiger partial charge in [0.1, 0.15) is 0 Å². The van der Waals surface area contributed by atoms with Gasteiger partial charge in [-0.1, -0.05) is 12.8 Å². The average Bonchev–Trinajstić information content (AvgIpc) is 2.94. The van der Waals surface area contributed by atoms with Crippen molar-refractivity contribution in [2.45, 2.75) is 43.0 Å². The lowest BCUT2D eigenvalue weighted by atomic mass is 9.98. The highest BCUT2D eigenvalue weighted by molar-refractivity contribution is 7.90. The summed E-state index contributed by atoms with van der Waals surface area (Å²) in [6.45, 7) is 1.81. The van der Waals surface area contributed by atoms with Crippen LogP contribution < -0.4 is 11.1 Å². The number of benzene rings is 1. The van der Waals surface area contributed by atoms with E-state index in [0.29, 0.717) is 12.8 Å². The Bertz CT molecular complexity index is 758. The first-order chi connectivity index (χ1) is 11.2. The van der Waals surface area contributed by atoms with Crippen LogP contribution in [0.15, 0.2) is 23.1 Å². The van der Waals surface area contributed by atoms with Crippen LogP contribution in [0.5, 0.6) is 0 Å². The molecule has 25 heavy (non-hydrogen) atoms. The molecule has 0 radical (unpaired) electrons. The molecular weight excluding hydrogens is 368 g/mol. The van der Waals surface area contributed by atoms with Gasteiger partial charge >= 0.3 is 5.97 Å². The second-order valence-electron chi connectivity index (χ2n) is 6.06. The van der Waals surface area contributed by atoms with E-state index in [-0.39, 0.29) is 41.1 Å². The smallest absolute Gasteiger partial charge is 0.338 e. The number of carbonyl (C=O) groups excluding carboxylic acids is 2. The van der Waals surface area contributed by atoms with Gasteiger partial charge in [0.15, 0.2) is 9.84 Å². The predicted molar refractivity (Wildman–Crippen MR) is 96.8 cm³/mol. The molecule has 0 atom stereocenters. The Balaban J connectivity index is 0.00000312. The summed E-state index contributed by atoms with van der Waals surface area (Å²) >= 11 is 0. The molecule has 0 bridgehead atoms. The van der Waals surface area contributed by atoms with E-state index in [1.165, 1.54) is 18.2 Å². The van der Waals surface area contributed by atoms with Gasteiger partial charge in [0.25, 0.3) is 0 Å². The Kier molecular flexibility index (Phi) is 6.99. The zero-order chi connectivity index (χ0) is 18.0. The fourth-order valence-electron chi connectivity index (χ4n) is 2.71. The van der Waals surface area contributed by atoms with E-state index >= 15 is 0 Å². The molecular formula is C16H23ClN2O5S. The number of anilines is 1. The summed E-state index contributed by atoms with van der Waals surface area (Å²) in [7, 11) is -3.56. The molecule has 0 unspecified atom stereocenters. The van der Waals surface area contributed by atoms with Gasteiger partial charge in [-0.2, -0.15) is 0 Å². The molecule has 0 spiro atoms. The summed E-state index contributed by atoms with van der Waals surface area (Å²) in [5.41, 5.74) is 5.42. The third-order valence-electron chi connectivity index (χ3n) is 4.05. The summed E-state index contributed by atoms with van der Waals surface area (Å²) in [6.07, 6.45) is 3.94. The molecule has 7 nitrogen and oxygen atoms in total. The Morgan fingerprint density at radius 1 is 1.24 bits per heavy atom. The van der Waals surface area contributed by atoms with Gasteiger partial charge < -0.3 is 15.8 Å². The Labute approximate surface area is 153 Å². The van der Waals surface area contributed by atoms with Crippen molar-refractivity contribution < 1.29 is 22.7 Å². The standard InChI is InChI=1S/C16H22N2O5S.ClH/c1-3-23-14(19)11-8-12(10-13(9-11)24(2,21)22)18-15(20)16(17)6-4-5-7-16;/h8-10H,3-7,17H2,1-2H3,(H,18,20);1H. The first-order valence-electron chi connectivity index (χ1n) is 7.78. The van der Waals surface area contributed by atoms with Crippen molar-refractivity contribution in [2.75, 3.05) is 18.2 Å². The molecule has 1 aromatic carbocycles. The quantitative estimate of drug-likeness (QED) is 0.742. The highest BCUT2D eigenvalue weighted by Gasteiger charge is 2.37. The first kappa shape index (κ1) is 21.4. The molecule has 0 aliphatic heterocycles. The van der Waals surface area contributed by atoms with E-state index in [1.54, 1.807) is 6.92 Å². The van der Waals surface area contributed by atoms with Crippen LogP contribution in [0, 0.1) is 0 Å². The molecule has 140 valence electrons. The lowest BCUT2D eigenvalue weighted by molar-refractivity contribution is -0.121. The summed E-state index contributed by atoms with van der Waals surface area (Å²) in [5, 5.41) is 2.64. The summed E-state index contributed by atoms with van der Waals surface area (Å²) in [5.74, 6) is -1.03. The number of amides is 1. The maximum absolute atomic E-state index is 12.4. The number of carbonyl (C=O) groups is 2. The van der Waals surface area contributed by atoms with Crippen molar-refractivity contribution in [2.24, 2.45) is 5.73 Å². The molecule has 1 amide bonds. The van der Waals surface area contributed by atoms with Crippen LogP contribution in [0.25, 0.3) is 0 Å². The second kappa shape index (κ2) is 8.16. The number of sulfone groups is 1. The van der Waals surface area contributed by atoms with Gasteiger partial charge in [-0.3, -0.25) is 4.79 Å². The summed E-state index contributed by atoms with van der Waals surface area (Å²) in [6, 6.07) is 3.94. The maximum Gasteiger partial charge on any atom is 0.338 e. The molecule has 1 aliphatic carbocycles. The van der Waals surface area contributed by atoms with E-state index < -0.39 is 21.3 Å². The molecule has 3 N–H and O–H groups in total. The van der Waals surface area contributed by atoms with Gasteiger partial charge in [0.2, 0.25) is 5.91 Å². The van der Waals surface area contributed by atoms with Crippen LogP contribution in [0.1, 0.15) is 43.0 Å². The molecule has 1 aliphatic rings. The lowest BCUT2D eigenvalue weighted by Gasteiger charge is -2.22. The van der Waals surface area contributed by atoms with Crippen molar-refractivity contribution in [3.63, 3.8) is 0 Å². The molecule has 0 saturated heterocycles. The topological polar surface area (TPSA) is 116 Å². The largest absolute Gasteiger partial charge is 0.462 e. The Hall–Kier alpha value is -1.64. The molecule has 0 heterocycles. The predicted octanol–water partition coefficient (Wildman–Crippen LogP) is 1.90. The number of hydrogen-bond acceptors (Lipinski definition) is 6. The fourth-order valence-corrected chi connectivity index (χ4v) is 3.39. The first-order valence-corrected chi connectivity index (χ1v) is 9.67. The third-order valence-corrected chi connectivity index (χ3v) is 5.14. The number of nitrogens with two attached hydrogens (primary N) is 1. The third kappa shape index (κ3) is 5.17. The van der Waals surface area contributed by atoms with E-state index in [1.807, 2.05) is 0 Å². The lowest BCUT2D eigenvalue weighted by Crippen LogP contribution is -2.48. The molecule has 9 heteroatoms. The molecule has 0 aromatic heterocycles. The summed E-state index contributed by atoms with van der Waals surface area (Å²) < 4.78 is 28.6. The van der Waals surface area contributed by atoms with Crippen molar-refractivity contribution in [1.82, 2.24) is 0 Å². The average molecular weight is 391 g/mol. The number of ether oxygens (including phenoxy) is 1. The van der Waals surface area contributed by atoms with Gasteiger partial charge in [-0.05, 0) is 38.0 Å². The van der Waals surface area contributed by atoms with E-state index in [4.69, 9.17) is 10.5 Å². The number of halogens is 1. The SMILES string of the molecule is CCOC(=O)c1cc(NC(=O)C2(N)CCCC2)cc(S(C)(=O)=O)c1.Cl. The molecule has 1 saturated carbocycles. The van der Waals surface area contributed by atoms with Crippen LogP contribution in [-0.4, -0.2) is 38.7 Å². The van der Waals surface area contributed by atoms with Crippen molar-refractivity contribution >= 4 is 39.8 Å². The van der Waals surface area contributed by atoms with Crippen LogP contribution in [0.3, 0.4) is 0 Å². The van der Waals surface area contributed by atoms with Crippen LogP contribution in [0.2, 0.25) is 0 Å². The zero-order valence-corrected chi connectivity index (χ0v) is 15.8. The van der Waals surface area contributed by atoms with Crippen LogP contribution in [0.4, 0.5) is 5.69 Å². The van der Waals surface area contributed by atoms with E-state index in [9.17, 15) is 18.0 Å². The molecule has 1 aromatic rings. The highest BCUT2D eigenvalue weighted by atomic mass is 35.5. The summed E-state index contributed by atoms with van der Waals surface area (Å²) in [4.78, 5) is 24.3. The number of esters is 1. The maximum atomic E-state index is 12.4. The Morgan fingerprint density at radius 2 is 1.84 bits per heavy atom. The van der Waals surface area contributed by atoms with Crippen LogP contribution >= 0.6 is 12.4 Å². The highest BCUT2D eigenvalue weighted by Crippen LogP contribution is 2.29. The minimum atomic E-state index is -3.56. The molecule has 1 fully saturated rings.